The smallest absolute Gasteiger partial charge is 0.247 e. The zero-order valence-corrected chi connectivity index (χ0v) is 8.06. The molecule has 0 radical (unpaired) electrons. The summed E-state index contributed by atoms with van der Waals surface area (Å²) in [7, 11) is 0. The van der Waals surface area contributed by atoms with Gasteiger partial charge in [-0.2, -0.15) is 11.8 Å². The van der Waals surface area contributed by atoms with E-state index in [1.54, 1.807) is 12.3 Å². The molecule has 0 aliphatic carbocycles. The topological polar surface area (TPSA) is 44.9 Å². The molecule has 13 heavy (non-hydrogen) atoms. The number of hydrogen-bond donors (Lipinski definition) is 2. The van der Waals surface area contributed by atoms with Crippen molar-refractivity contribution < 1.29 is 0 Å². The zero-order chi connectivity index (χ0) is 9.10. The predicted molar refractivity (Wildman–Crippen MR) is 55.0 cm³/mol. The van der Waals surface area contributed by atoms with Crippen LogP contribution in [-0.2, 0) is 6.54 Å². The van der Waals surface area contributed by atoms with Gasteiger partial charge in [0, 0.05) is 36.4 Å². The third-order valence-corrected chi connectivity index (χ3v) is 3.36. The Morgan fingerprint density at radius 1 is 1.54 bits per heavy atom. The average Bonchev–Trinajstić information content (AvgIpc) is 2.05. The number of rotatable bonds is 3. The van der Waals surface area contributed by atoms with Crippen LogP contribution in [0.2, 0.25) is 0 Å². The molecule has 2 N–H and O–H groups in total. The maximum absolute atomic E-state index is 10.7. The van der Waals surface area contributed by atoms with Crippen molar-refractivity contribution in [2.75, 3.05) is 11.5 Å². The standard InChI is InChI=1S/C9H12N2OS/c12-9-2-1-7(4-11-9)3-10-8-5-13-6-8/h1-2,4,8,10H,3,5-6H2,(H,11,12). The number of H-pyrrole nitrogens is 1. The van der Waals surface area contributed by atoms with E-state index in [1.165, 1.54) is 11.5 Å². The van der Waals surface area contributed by atoms with E-state index in [0.717, 1.165) is 12.1 Å². The van der Waals surface area contributed by atoms with E-state index in [9.17, 15) is 4.79 Å². The highest BCUT2D eigenvalue weighted by Gasteiger charge is 2.16. The first-order valence-corrected chi connectivity index (χ1v) is 5.49. The van der Waals surface area contributed by atoms with Crippen LogP contribution in [0.4, 0.5) is 0 Å². The van der Waals surface area contributed by atoms with Crippen molar-refractivity contribution in [3.05, 3.63) is 34.2 Å². The van der Waals surface area contributed by atoms with Gasteiger partial charge < -0.3 is 10.3 Å². The molecule has 1 aromatic heterocycles. The van der Waals surface area contributed by atoms with E-state index in [0.29, 0.717) is 6.04 Å². The highest BCUT2D eigenvalue weighted by molar-refractivity contribution is 8.00. The van der Waals surface area contributed by atoms with Crippen molar-refractivity contribution in [2.45, 2.75) is 12.6 Å². The molecule has 0 atom stereocenters. The SMILES string of the molecule is O=c1ccc(CNC2CSC2)c[nH]1. The molecule has 4 heteroatoms. The van der Waals surface area contributed by atoms with Crippen LogP contribution >= 0.6 is 11.8 Å². The molecule has 0 saturated carbocycles. The molecule has 0 spiro atoms. The Kier molecular flexibility index (Phi) is 2.71. The first-order valence-electron chi connectivity index (χ1n) is 4.33. The van der Waals surface area contributed by atoms with E-state index in [1.807, 2.05) is 17.8 Å². The van der Waals surface area contributed by atoms with E-state index in [4.69, 9.17) is 0 Å². The summed E-state index contributed by atoms with van der Waals surface area (Å²) in [5, 5.41) is 3.41. The number of pyridine rings is 1. The Morgan fingerprint density at radius 3 is 2.92 bits per heavy atom. The lowest BCUT2D eigenvalue weighted by atomic mass is 10.2. The highest BCUT2D eigenvalue weighted by Crippen LogP contribution is 2.17. The summed E-state index contributed by atoms with van der Waals surface area (Å²) < 4.78 is 0. The second kappa shape index (κ2) is 3.98. The first kappa shape index (κ1) is 8.84. The molecule has 70 valence electrons. The second-order valence-corrected chi connectivity index (χ2v) is 4.25. The molecule has 1 aromatic rings. The molecule has 2 heterocycles. The maximum Gasteiger partial charge on any atom is 0.247 e. The normalized spacial score (nSPS) is 16.9. The lowest BCUT2D eigenvalue weighted by Crippen LogP contribution is -2.39. The van der Waals surface area contributed by atoms with Crippen LogP contribution in [0.1, 0.15) is 5.56 Å². The number of aromatic amines is 1. The van der Waals surface area contributed by atoms with E-state index in [-0.39, 0.29) is 5.56 Å². The van der Waals surface area contributed by atoms with E-state index in [2.05, 4.69) is 10.3 Å². The molecule has 3 nitrogen and oxygen atoms in total. The number of hydrogen-bond acceptors (Lipinski definition) is 3. The molecular weight excluding hydrogens is 184 g/mol. The van der Waals surface area contributed by atoms with Crippen LogP contribution in [0.15, 0.2) is 23.1 Å². The Balaban J connectivity index is 1.86. The summed E-state index contributed by atoms with van der Waals surface area (Å²) in [6, 6.07) is 4.08. The monoisotopic (exact) mass is 196 g/mol. The largest absolute Gasteiger partial charge is 0.329 e. The van der Waals surface area contributed by atoms with Gasteiger partial charge in [-0.3, -0.25) is 4.79 Å². The lowest BCUT2D eigenvalue weighted by molar-refractivity contribution is 0.582. The van der Waals surface area contributed by atoms with Crippen molar-refractivity contribution in [1.29, 1.82) is 0 Å². The van der Waals surface area contributed by atoms with Gasteiger partial charge in [0.1, 0.15) is 0 Å². The lowest BCUT2D eigenvalue weighted by Gasteiger charge is -2.25. The van der Waals surface area contributed by atoms with E-state index >= 15 is 0 Å². The quantitative estimate of drug-likeness (QED) is 0.743. The predicted octanol–water partition coefficient (Wildman–Crippen LogP) is 0.580. The first-order chi connectivity index (χ1) is 6.34. The van der Waals surface area contributed by atoms with Crippen molar-refractivity contribution >= 4 is 11.8 Å². The summed E-state index contributed by atoms with van der Waals surface area (Å²) in [5.74, 6) is 2.42. The fraction of sp³-hybridized carbons (Fsp3) is 0.444. The van der Waals surface area contributed by atoms with Crippen LogP contribution in [0, 0.1) is 0 Å². The molecule has 1 aliphatic heterocycles. The number of nitrogens with one attached hydrogen (secondary N) is 2. The maximum atomic E-state index is 10.7. The summed E-state index contributed by atoms with van der Waals surface area (Å²) >= 11 is 1.96. The highest BCUT2D eigenvalue weighted by atomic mass is 32.2. The van der Waals surface area contributed by atoms with Crippen molar-refractivity contribution in [2.24, 2.45) is 0 Å². The molecule has 1 aliphatic rings. The molecule has 1 fully saturated rings. The zero-order valence-electron chi connectivity index (χ0n) is 7.25. The summed E-state index contributed by atoms with van der Waals surface area (Å²) in [4.78, 5) is 13.4. The fourth-order valence-corrected chi connectivity index (χ4v) is 1.88. The van der Waals surface area contributed by atoms with Gasteiger partial charge in [-0.05, 0) is 5.56 Å². The Morgan fingerprint density at radius 2 is 2.38 bits per heavy atom. The second-order valence-electron chi connectivity index (χ2n) is 3.18. The number of aromatic nitrogens is 1. The van der Waals surface area contributed by atoms with E-state index < -0.39 is 0 Å². The molecule has 0 aromatic carbocycles. The van der Waals surface area contributed by atoms with Crippen LogP contribution in [-0.4, -0.2) is 22.5 Å². The van der Waals surface area contributed by atoms with Gasteiger partial charge in [-0.15, -0.1) is 0 Å². The molecule has 1 saturated heterocycles. The average molecular weight is 196 g/mol. The van der Waals surface area contributed by atoms with Crippen LogP contribution in [0.5, 0.6) is 0 Å². The fourth-order valence-electron chi connectivity index (χ4n) is 1.17. The van der Waals surface area contributed by atoms with Gasteiger partial charge in [-0.25, -0.2) is 0 Å². The van der Waals surface area contributed by atoms with Crippen molar-refractivity contribution in [1.82, 2.24) is 10.3 Å². The molecule has 0 amide bonds. The third-order valence-electron chi connectivity index (χ3n) is 2.08. The molecular formula is C9H12N2OS. The van der Waals surface area contributed by atoms with Crippen LogP contribution in [0.25, 0.3) is 0 Å². The van der Waals surface area contributed by atoms with Gasteiger partial charge in [0.05, 0.1) is 0 Å². The third kappa shape index (κ3) is 2.35. The van der Waals surface area contributed by atoms with Crippen molar-refractivity contribution in [3.63, 3.8) is 0 Å². The summed E-state index contributed by atoms with van der Waals surface area (Å²) in [6.07, 6.45) is 1.77. The minimum atomic E-state index is -0.0389. The van der Waals surface area contributed by atoms with Crippen LogP contribution < -0.4 is 10.9 Å². The Bertz CT molecular complexity index is 312. The van der Waals surface area contributed by atoms with Gasteiger partial charge in [0.2, 0.25) is 5.56 Å². The van der Waals surface area contributed by atoms with Crippen LogP contribution in [0.3, 0.4) is 0 Å². The number of thioether (sulfide) groups is 1. The Labute approximate surface area is 80.9 Å². The molecule has 2 rings (SSSR count). The molecule has 0 unspecified atom stereocenters. The molecule has 0 bridgehead atoms. The summed E-state index contributed by atoms with van der Waals surface area (Å²) in [6.45, 7) is 0.849. The van der Waals surface area contributed by atoms with Gasteiger partial charge in [-0.1, -0.05) is 6.07 Å². The van der Waals surface area contributed by atoms with Gasteiger partial charge in [0.25, 0.3) is 0 Å². The minimum Gasteiger partial charge on any atom is -0.329 e. The summed E-state index contributed by atoms with van der Waals surface area (Å²) in [5.41, 5.74) is 1.10. The minimum absolute atomic E-state index is 0.0389. The van der Waals surface area contributed by atoms with Gasteiger partial charge >= 0.3 is 0 Å². The van der Waals surface area contributed by atoms with Gasteiger partial charge in [0.15, 0.2) is 0 Å². The Hall–Kier alpha value is -0.740. The van der Waals surface area contributed by atoms with Crippen molar-refractivity contribution in [3.8, 4) is 0 Å².